The largest absolute Gasteiger partial charge is 0.469 e. The van der Waals surface area contributed by atoms with E-state index in [0.29, 0.717) is 6.42 Å². The summed E-state index contributed by atoms with van der Waals surface area (Å²) in [4.78, 5) is 23.6. The fraction of sp³-hybridized carbons (Fsp3) is 0.692. The second-order valence-corrected chi connectivity index (χ2v) is 5.07. The van der Waals surface area contributed by atoms with Crippen LogP contribution in [0.2, 0.25) is 0 Å². The lowest BCUT2D eigenvalue weighted by Crippen LogP contribution is -2.44. The maximum absolute atomic E-state index is 12.1. The number of allylic oxidation sites excluding steroid dienone is 2. The van der Waals surface area contributed by atoms with Crippen molar-refractivity contribution < 1.29 is 14.3 Å². The quantitative estimate of drug-likeness (QED) is 0.504. The SMILES string of the molecule is COC(=O)[C@H]1CC(=O)[C@]2(C)CCC=C[C@@H]2C1. The number of ketones is 1. The van der Waals surface area contributed by atoms with Gasteiger partial charge in [0.15, 0.2) is 0 Å². The van der Waals surface area contributed by atoms with Gasteiger partial charge in [-0.15, -0.1) is 0 Å². The summed E-state index contributed by atoms with van der Waals surface area (Å²) in [6.07, 6.45) is 7.23. The van der Waals surface area contributed by atoms with Gasteiger partial charge in [0.2, 0.25) is 0 Å². The van der Waals surface area contributed by atoms with Crippen molar-refractivity contribution >= 4 is 11.8 Å². The normalized spacial score (nSPS) is 38.0. The van der Waals surface area contributed by atoms with Crippen LogP contribution in [0.5, 0.6) is 0 Å². The van der Waals surface area contributed by atoms with Gasteiger partial charge < -0.3 is 4.74 Å². The molecule has 0 aromatic carbocycles. The lowest BCUT2D eigenvalue weighted by atomic mass is 9.60. The van der Waals surface area contributed by atoms with E-state index in [1.165, 1.54) is 7.11 Å². The number of rotatable bonds is 1. The molecule has 0 amide bonds. The molecule has 0 aliphatic heterocycles. The highest BCUT2D eigenvalue weighted by atomic mass is 16.5. The Labute approximate surface area is 95.9 Å². The van der Waals surface area contributed by atoms with E-state index in [9.17, 15) is 9.59 Å². The van der Waals surface area contributed by atoms with E-state index in [1.54, 1.807) is 0 Å². The minimum Gasteiger partial charge on any atom is -0.469 e. The minimum absolute atomic E-state index is 0.214. The van der Waals surface area contributed by atoms with Gasteiger partial charge in [0.1, 0.15) is 5.78 Å². The molecule has 0 heterocycles. The maximum atomic E-state index is 12.1. The molecule has 0 unspecified atom stereocenters. The number of fused-ring (bicyclic) bond motifs is 1. The summed E-state index contributed by atoms with van der Waals surface area (Å²) >= 11 is 0. The van der Waals surface area contributed by atoms with E-state index < -0.39 is 0 Å². The Hall–Kier alpha value is -1.12. The van der Waals surface area contributed by atoms with E-state index in [1.807, 2.05) is 6.92 Å². The summed E-state index contributed by atoms with van der Waals surface area (Å²) < 4.78 is 4.74. The van der Waals surface area contributed by atoms with Gasteiger partial charge in [0, 0.05) is 11.8 Å². The number of esters is 1. The van der Waals surface area contributed by atoms with Gasteiger partial charge in [0.25, 0.3) is 0 Å². The predicted octanol–water partition coefficient (Wildman–Crippen LogP) is 2.11. The molecule has 0 radical (unpaired) electrons. The van der Waals surface area contributed by atoms with Gasteiger partial charge in [-0.3, -0.25) is 9.59 Å². The fourth-order valence-electron chi connectivity index (χ4n) is 2.92. The molecule has 1 fully saturated rings. The molecule has 0 N–H and O–H groups in total. The zero-order valence-electron chi connectivity index (χ0n) is 9.86. The zero-order chi connectivity index (χ0) is 11.8. The Morgan fingerprint density at radius 2 is 2.31 bits per heavy atom. The number of hydrogen-bond acceptors (Lipinski definition) is 3. The number of carbonyl (C=O) groups is 2. The molecule has 2 aliphatic carbocycles. The third kappa shape index (κ3) is 1.68. The van der Waals surface area contributed by atoms with Crippen LogP contribution in [0.15, 0.2) is 12.2 Å². The molecular formula is C13H18O3. The molecule has 1 saturated carbocycles. The monoisotopic (exact) mass is 222 g/mol. The Kier molecular flexibility index (Phi) is 2.87. The fourth-order valence-corrected chi connectivity index (χ4v) is 2.92. The van der Waals surface area contributed by atoms with Gasteiger partial charge in [-0.25, -0.2) is 0 Å². The summed E-state index contributed by atoms with van der Waals surface area (Å²) in [5.41, 5.74) is -0.237. The lowest BCUT2D eigenvalue weighted by molar-refractivity contribution is -0.153. The van der Waals surface area contributed by atoms with E-state index in [0.717, 1.165) is 19.3 Å². The Balaban J connectivity index is 2.21. The molecule has 3 heteroatoms. The summed E-state index contributed by atoms with van der Waals surface area (Å²) in [6.45, 7) is 2.04. The minimum atomic E-state index is -0.241. The van der Waals surface area contributed by atoms with Gasteiger partial charge in [0.05, 0.1) is 13.0 Å². The number of Topliss-reactive ketones (excluding diaryl/α,β-unsaturated/α-hetero) is 1. The molecule has 0 bridgehead atoms. The van der Waals surface area contributed by atoms with Crippen LogP contribution in [0.3, 0.4) is 0 Å². The molecule has 16 heavy (non-hydrogen) atoms. The van der Waals surface area contributed by atoms with Crippen LogP contribution in [-0.2, 0) is 14.3 Å². The van der Waals surface area contributed by atoms with E-state index >= 15 is 0 Å². The molecular weight excluding hydrogens is 204 g/mol. The first-order valence-electron chi connectivity index (χ1n) is 5.85. The molecule has 3 nitrogen and oxygen atoms in total. The highest BCUT2D eigenvalue weighted by Gasteiger charge is 2.47. The van der Waals surface area contributed by atoms with Crippen molar-refractivity contribution in [2.45, 2.75) is 32.6 Å². The van der Waals surface area contributed by atoms with E-state index in [2.05, 4.69) is 12.2 Å². The Morgan fingerprint density at radius 3 is 3.00 bits per heavy atom. The van der Waals surface area contributed by atoms with Gasteiger partial charge >= 0.3 is 5.97 Å². The van der Waals surface area contributed by atoms with Crippen LogP contribution in [0.4, 0.5) is 0 Å². The number of ether oxygens (including phenoxy) is 1. The van der Waals surface area contributed by atoms with Gasteiger partial charge in [-0.2, -0.15) is 0 Å². The van der Waals surface area contributed by atoms with Gasteiger partial charge in [-0.1, -0.05) is 19.1 Å². The molecule has 88 valence electrons. The van der Waals surface area contributed by atoms with Crippen molar-refractivity contribution in [1.29, 1.82) is 0 Å². The van der Waals surface area contributed by atoms with Crippen molar-refractivity contribution in [3.8, 4) is 0 Å². The molecule has 2 aliphatic rings. The average Bonchev–Trinajstić information content (AvgIpc) is 2.29. The Morgan fingerprint density at radius 1 is 1.56 bits per heavy atom. The highest BCUT2D eigenvalue weighted by Crippen LogP contribution is 2.47. The second kappa shape index (κ2) is 4.04. The summed E-state index contributed by atoms with van der Waals surface area (Å²) in [6, 6.07) is 0. The third-order valence-corrected chi connectivity index (χ3v) is 4.16. The first-order valence-corrected chi connectivity index (χ1v) is 5.85. The summed E-state index contributed by atoms with van der Waals surface area (Å²) in [5, 5.41) is 0. The van der Waals surface area contributed by atoms with E-state index in [4.69, 9.17) is 4.74 Å². The maximum Gasteiger partial charge on any atom is 0.309 e. The molecule has 0 spiro atoms. The van der Waals surface area contributed by atoms with Crippen molar-refractivity contribution in [2.24, 2.45) is 17.3 Å². The average molecular weight is 222 g/mol. The van der Waals surface area contributed by atoms with Crippen LogP contribution in [-0.4, -0.2) is 18.9 Å². The van der Waals surface area contributed by atoms with Crippen molar-refractivity contribution in [1.82, 2.24) is 0 Å². The molecule has 0 aromatic heterocycles. The second-order valence-electron chi connectivity index (χ2n) is 5.07. The summed E-state index contributed by atoms with van der Waals surface area (Å²) in [7, 11) is 1.39. The first kappa shape index (κ1) is 11.4. The molecule has 0 saturated heterocycles. The van der Waals surface area contributed by atoms with Crippen LogP contribution in [0.25, 0.3) is 0 Å². The highest BCUT2D eigenvalue weighted by molar-refractivity contribution is 5.90. The molecule has 2 rings (SSSR count). The number of methoxy groups -OCH3 is 1. The van der Waals surface area contributed by atoms with Crippen LogP contribution in [0.1, 0.15) is 32.6 Å². The van der Waals surface area contributed by atoms with Crippen molar-refractivity contribution in [2.75, 3.05) is 7.11 Å². The topological polar surface area (TPSA) is 43.4 Å². The van der Waals surface area contributed by atoms with E-state index in [-0.39, 0.29) is 29.0 Å². The molecule has 3 atom stereocenters. The first-order chi connectivity index (χ1) is 7.58. The standard InChI is InChI=1S/C13H18O3/c1-13-6-4-3-5-10(13)7-9(8-11(13)14)12(15)16-2/h3,5,9-10H,4,6-8H2,1-2H3/t9-,10-,13-/m1/s1. The lowest BCUT2D eigenvalue weighted by Gasteiger charge is -2.42. The van der Waals surface area contributed by atoms with Crippen LogP contribution < -0.4 is 0 Å². The van der Waals surface area contributed by atoms with Crippen LogP contribution >= 0.6 is 0 Å². The van der Waals surface area contributed by atoms with Crippen molar-refractivity contribution in [3.05, 3.63) is 12.2 Å². The number of hydrogen-bond donors (Lipinski definition) is 0. The summed E-state index contributed by atoms with van der Waals surface area (Å²) in [5.74, 6) is -0.0391. The molecule has 0 aromatic rings. The number of carbonyl (C=O) groups excluding carboxylic acids is 2. The Bertz CT molecular complexity index is 345. The third-order valence-electron chi connectivity index (χ3n) is 4.16. The smallest absolute Gasteiger partial charge is 0.309 e. The predicted molar refractivity (Wildman–Crippen MR) is 59.7 cm³/mol. The zero-order valence-corrected chi connectivity index (χ0v) is 9.86. The van der Waals surface area contributed by atoms with Crippen LogP contribution in [0, 0.1) is 17.3 Å². The van der Waals surface area contributed by atoms with Crippen molar-refractivity contribution in [3.63, 3.8) is 0 Å². The van der Waals surface area contributed by atoms with Gasteiger partial charge in [-0.05, 0) is 25.2 Å².